The Balaban J connectivity index is 1.64. The summed E-state index contributed by atoms with van der Waals surface area (Å²) in [7, 11) is 3.11. The molecule has 3 rings (SSSR count). The number of aliphatic hydroxyl groups excluding tert-OH is 1. The third-order valence-electron chi connectivity index (χ3n) is 4.92. The fourth-order valence-corrected chi connectivity index (χ4v) is 3.34. The van der Waals surface area contributed by atoms with E-state index in [1.807, 2.05) is 0 Å². The lowest BCUT2D eigenvalue weighted by atomic mass is 10.1. The van der Waals surface area contributed by atoms with Crippen LogP contribution >= 0.6 is 0 Å². The number of carbonyl (C=O) groups is 2. The number of piperidine rings is 1. The number of carbonyl (C=O) groups excluding carboxylic acids is 2. The molecule has 2 aliphatic rings. The molecule has 0 atom stereocenters. The molecule has 0 aliphatic carbocycles. The van der Waals surface area contributed by atoms with E-state index in [0.717, 1.165) is 0 Å². The van der Waals surface area contributed by atoms with E-state index in [9.17, 15) is 14.7 Å². The predicted octanol–water partition coefficient (Wildman–Crippen LogP) is 0.929. The molecule has 2 heterocycles. The van der Waals surface area contributed by atoms with Crippen LogP contribution in [0.3, 0.4) is 0 Å². The first-order valence-electron chi connectivity index (χ1n) is 8.77. The fourth-order valence-electron chi connectivity index (χ4n) is 3.34. The number of methoxy groups -OCH3 is 2. The molecule has 0 aromatic heterocycles. The van der Waals surface area contributed by atoms with Crippen LogP contribution in [0.4, 0.5) is 10.5 Å². The average molecular weight is 363 g/mol. The second-order valence-electron chi connectivity index (χ2n) is 6.51. The molecule has 1 aromatic rings. The number of amides is 3. The van der Waals surface area contributed by atoms with Gasteiger partial charge in [0.15, 0.2) is 11.5 Å². The third kappa shape index (κ3) is 3.70. The van der Waals surface area contributed by atoms with Gasteiger partial charge in [-0.25, -0.2) is 4.79 Å². The number of hydrogen-bond donors (Lipinski definition) is 1. The number of anilines is 1. The van der Waals surface area contributed by atoms with Crippen molar-refractivity contribution in [1.82, 2.24) is 9.80 Å². The summed E-state index contributed by atoms with van der Waals surface area (Å²) < 4.78 is 10.5. The summed E-state index contributed by atoms with van der Waals surface area (Å²) in [5, 5.41) is 9.55. The van der Waals surface area contributed by atoms with E-state index in [1.54, 1.807) is 47.1 Å². The maximum Gasteiger partial charge on any atom is 0.325 e. The van der Waals surface area contributed by atoms with Crippen molar-refractivity contribution in [3.63, 3.8) is 0 Å². The summed E-state index contributed by atoms with van der Waals surface area (Å²) >= 11 is 0. The number of benzene rings is 1. The zero-order valence-electron chi connectivity index (χ0n) is 15.2. The minimum Gasteiger partial charge on any atom is -0.493 e. The van der Waals surface area contributed by atoms with E-state index in [-0.39, 0.29) is 24.6 Å². The summed E-state index contributed by atoms with van der Waals surface area (Å²) in [5.41, 5.74) is 0.712. The van der Waals surface area contributed by atoms with Crippen molar-refractivity contribution >= 4 is 17.6 Å². The molecule has 26 heavy (non-hydrogen) atoms. The molecule has 1 aromatic carbocycles. The summed E-state index contributed by atoms with van der Waals surface area (Å²) in [4.78, 5) is 30.0. The summed E-state index contributed by atoms with van der Waals surface area (Å²) in [6.45, 7) is 2.16. The number of hydrogen-bond acceptors (Lipinski definition) is 5. The van der Waals surface area contributed by atoms with Gasteiger partial charge in [-0.3, -0.25) is 9.69 Å². The van der Waals surface area contributed by atoms with Crippen LogP contribution in [0, 0.1) is 0 Å². The number of likely N-dealkylation sites (tertiary alicyclic amines) is 1. The molecule has 2 saturated heterocycles. The largest absolute Gasteiger partial charge is 0.493 e. The van der Waals surface area contributed by atoms with Crippen LogP contribution in [0.5, 0.6) is 11.5 Å². The van der Waals surface area contributed by atoms with Crippen LogP contribution in [0.15, 0.2) is 18.2 Å². The monoisotopic (exact) mass is 363 g/mol. The van der Waals surface area contributed by atoms with Crippen LogP contribution in [-0.2, 0) is 4.79 Å². The number of urea groups is 1. The second kappa shape index (κ2) is 7.82. The zero-order chi connectivity index (χ0) is 18.7. The quantitative estimate of drug-likeness (QED) is 0.842. The Bertz CT molecular complexity index is 673. The molecule has 0 radical (unpaired) electrons. The van der Waals surface area contributed by atoms with Gasteiger partial charge in [0.05, 0.1) is 20.3 Å². The highest BCUT2D eigenvalue weighted by molar-refractivity contribution is 5.96. The van der Waals surface area contributed by atoms with Gasteiger partial charge in [0, 0.05) is 37.9 Å². The van der Waals surface area contributed by atoms with Crippen molar-refractivity contribution in [2.24, 2.45) is 0 Å². The van der Waals surface area contributed by atoms with Gasteiger partial charge in [0.1, 0.15) is 6.54 Å². The van der Waals surface area contributed by atoms with Gasteiger partial charge in [0.25, 0.3) is 0 Å². The van der Waals surface area contributed by atoms with E-state index in [2.05, 4.69) is 0 Å². The lowest BCUT2D eigenvalue weighted by molar-refractivity contribution is -0.133. The molecule has 0 bridgehead atoms. The molecule has 142 valence electrons. The Hall–Kier alpha value is -2.48. The van der Waals surface area contributed by atoms with Crippen LogP contribution in [0.2, 0.25) is 0 Å². The first-order valence-corrected chi connectivity index (χ1v) is 8.77. The molecule has 0 spiro atoms. The molecule has 8 nitrogen and oxygen atoms in total. The van der Waals surface area contributed by atoms with Gasteiger partial charge in [-0.15, -0.1) is 0 Å². The minimum absolute atomic E-state index is 0.0682. The molecule has 2 fully saturated rings. The van der Waals surface area contributed by atoms with Crippen LogP contribution in [-0.4, -0.2) is 79.9 Å². The van der Waals surface area contributed by atoms with Crippen LogP contribution in [0.1, 0.15) is 12.8 Å². The molecule has 8 heteroatoms. The van der Waals surface area contributed by atoms with Crippen molar-refractivity contribution < 1.29 is 24.2 Å². The van der Waals surface area contributed by atoms with E-state index in [0.29, 0.717) is 56.2 Å². The summed E-state index contributed by atoms with van der Waals surface area (Å²) in [5.74, 6) is 1.08. The number of ether oxygens (including phenoxy) is 2. The maximum atomic E-state index is 12.7. The normalized spacial score (nSPS) is 18.4. The number of nitrogens with zero attached hydrogens (tertiary/aromatic N) is 3. The van der Waals surface area contributed by atoms with Gasteiger partial charge < -0.3 is 24.4 Å². The standard InChI is InChI=1S/C18H25N3O5/c1-25-15-4-3-13(11-16(15)26-2)21-10-9-20(18(21)24)12-17(23)19-7-5-14(22)6-8-19/h3-4,11,14,22H,5-10,12H2,1-2H3. The maximum absolute atomic E-state index is 12.7. The van der Waals surface area contributed by atoms with Gasteiger partial charge >= 0.3 is 6.03 Å². The Morgan fingerprint density at radius 1 is 1.12 bits per heavy atom. The highest BCUT2D eigenvalue weighted by atomic mass is 16.5. The number of aliphatic hydroxyl groups is 1. The Labute approximate surface area is 152 Å². The van der Waals surface area contributed by atoms with Gasteiger partial charge in [-0.05, 0) is 25.0 Å². The third-order valence-corrected chi connectivity index (χ3v) is 4.92. The highest BCUT2D eigenvalue weighted by Gasteiger charge is 2.33. The molecule has 0 unspecified atom stereocenters. The minimum atomic E-state index is -0.326. The highest BCUT2D eigenvalue weighted by Crippen LogP contribution is 2.32. The molecule has 0 saturated carbocycles. The first-order chi connectivity index (χ1) is 12.5. The molecule has 1 N–H and O–H groups in total. The van der Waals surface area contributed by atoms with Gasteiger partial charge in [-0.2, -0.15) is 0 Å². The summed E-state index contributed by atoms with van der Waals surface area (Å²) in [6.07, 6.45) is 0.863. The first kappa shape index (κ1) is 18.3. The van der Waals surface area contributed by atoms with Gasteiger partial charge in [-0.1, -0.05) is 0 Å². The van der Waals surface area contributed by atoms with Crippen molar-refractivity contribution in [3.8, 4) is 11.5 Å². The fraction of sp³-hybridized carbons (Fsp3) is 0.556. The van der Waals surface area contributed by atoms with E-state index in [1.165, 1.54) is 0 Å². The van der Waals surface area contributed by atoms with Crippen LogP contribution < -0.4 is 14.4 Å². The van der Waals surface area contributed by atoms with Crippen LogP contribution in [0.25, 0.3) is 0 Å². The Morgan fingerprint density at radius 2 is 1.81 bits per heavy atom. The molecule has 3 amide bonds. The SMILES string of the molecule is COc1ccc(N2CCN(CC(=O)N3CCC(O)CC3)C2=O)cc1OC. The smallest absolute Gasteiger partial charge is 0.325 e. The summed E-state index contributed by atoms with van der Waals surface area (Å²) in [6, 6.07) is 5.13. The van der Waals surface area contributed by atoms with Crippen molar-refractivity contribution in [1.29, 1.82) is 0 Å². The average Bonchev–Trinajstić information content (AvgIpc) is 3.02. The lowest BCUT2D eigenvalue weighted by Gasteiger charge is -2.31. The van der Waals surface area contributed by atoms with Crippen molar-refractivity contribution in [2.45, 2.75) is 18.9 Å². The van der Waals surface area contributed by atoms with Gasteiger partial charge in [0.2, 0.25) is 5.91 Å². The Kier molecular flexibility index (Phi) is 5.51. The van der Waals surface area contributed by atoms with Crippen molar-refractivity contribution in [3.05, 3.63) is 18.2 Å². The molecular formula is C18H25N3O5. The van der Waals surface area contributed by atoms with E-state index in [4.69, 9.17) is 9.47 Å². The second-order valence-corrected chi connectivity index (χ2v) is 6.51. The Morgan fingerprint density at radius 3 is 2.46 bits per heavy atom. The molecular weight excluding hydrogens is 338 g/mol. The zero-order valence-corrected chi connectivity index (χ0v) is 15.2. The molecule has 2 aliphatic heterocycles. The van der Waals surface area contributed by atoms with Crippen molar-refractivity contribution in [2.75, 3.05) is 51.8 Å². The van der Waals surface area contributed by atoms with E-state index < -0.39 is 0 Å². The van der Waals surface area contributed by atoms with E-state index >= 15 is 0 Å². The number of rotatable bonds is 5. The lowest BCUT2D eigenvalue weighted by Crippen LogP contribution is -2.46. The topological polar surface area (TPSA) is 82.5 Å². The predicted molar refractivity (Wildman–Crippen MR) is 95.7 cm³/mol.